The molecule has 0 fully saturated rings. The fourth-order valence-corrected chi connectivity index (χ4v) is 1.32. The Hall–Kier alpha value is -1.20. The average molecular weight is 185 g/mol. The van der Waals surface area contributed by atoms with Crippen LogP contribution in [0.3, 0.4) is 0 Å². The highest BCUT2D eigenvalue weighted by Crippen LogP contribution is 2.10. The summed E-state index contributed by atoms with van der Waals surface area (Å²) in [6.45, 7) is 3.43. The Morgan fingerprint density at radius 1 is 1.83 bits per heavy atom. The Morgan fingerprint density at radius 2 is 2.58 bits per heavy atom. The van der Waals surface area contributed by atoms with Crippen LogP contribution in [-0.4, -0.2) is 16.2 Å². The quantitative estimate of drug-likeness (QED) is 0.437. The topological polar surface area (TPSA) is 59.4 Å². The van der Waals surface area contributed by atoms with Crippen molar-refractivity contribution in [3.8, 4) is 0 Å². The number of nitrogens with zero attached hydrogens (tertiary/aromatic N) is 1. The minimum atomic E-state index is -0.815. The van der Waals surface area contributed by atoms with Crippen LogP contribution in [0.1, 0.15) is 5.01 Å². The van der Waals surface area contributed by atoms with Gasteiger partial charge in [-0.1, -0.05) is 6.58 Å². The van der Waals surface area contributed by atoms with Crippen molar-refractivity contribution in [3.63, 3.8) is 0 Å². The first-order valence-electron chi connectivity index (χ1n) is 3.16. The minimum Gasteiger partial charge on any atom is -0.296 e. The fraction of sp³-hybridized carbons (Fsp3) is 0.143. The van der Waals surface area contributed by atoms with Crippen LogP contribution in [0.25, 0.3) is 0 Å². The van der Waals surface area contributed by atoms with Crippen molar-refractivity contribution >= 4 is 17.3 Å². The van der Waals surface area contributed by atoms with Gasteiger partial charge in [-0.3, -0.25) is 4.89 Å². The van der Waals surface area contributed by atoms with Gasteiger partial charge in [-0.05, 0) is 0 Å². The summed E-state index contributed by atoms with van der Waals surface area (Å²) >= 11 is 1.42. The molecule has 0 aliphatic heterocycles. The van der Waals surface area contributed by atoms with Crippen LogP contribution in [0, 0.1) is 0 Å². The Bertz CT molecular complexity index is 281. The smallest absolute Gasteiger partial charge is 0.296 e. The van der Waals surface area contributed by atoms with Crippen LogP contribution in [-0.2, 0) is 16.1 Å². The molecule has 0 spiro atoms. The predicted molar refractivity (Wildman–Crippen MR) is 43.7 cm³/mol. The van der Waals surface area contributed by atoms with Gasteiger partial charge in [0.2, 0.25) is 0 Å². The summed E-state index contributed by atoms with van der Waals surface area (Å²) in [7, 11) is 0. The lowest BCUT2D eigenvalue weighted by molar-refractivity contribution is -0.229. The van der Waals surface area contributed by atoms with E-state index in [0.717, 1.165) is 5.01 Å². The molecule has 0 radical (unpaired) electrons. The summed E-state index contributed by atoms with van der Waals surface area (Å²) in [5, 5.41) is 10.6. The van der Waals surface area contributed by atoms with Crippen molar-refractivity contribution in [2.45, 2.75) is 6.42 Å². The highest BCUT2D eigenvalue weighted by molar-refractivity contribution is 7.09. The van der Waals surface area contributed by atoms with E-state index in [1.165, 1.54) is 11.3 Å². The van der Waals surface area contributed by atoms with Crippen LogP contribution in [0.2, 0.25) is 0 Å². The fourth-order valence-electron chi connectivity index (χ4n) is 0.660. The molecule has 0 aliphatic rings. The highest BCUT2D eigenvalue weighted by Gasteiger charge is 2.09. The van der Waals surface area contributed by atoms with Gasteiger partial charge in [-0.15, -0.1) is 11.3 Å². The maximum Gasteiger partial charge on any atom is 0.368 e. The number of rotatable bonds is 3. The summed E-state index contributed by atoms with van der Waals surface area (Å²) in [6, 6.07) is 0. The molecule has 1 heterocycles. The lowest BCUT2D eigenvalue weighted by Crippen LogP contribution is -2.06. The molecular weight excluding hydrogens is 178 g/mol. The number of hydrogen-bond acceptors (Lipinski definition) is 5. The monoisotopic (exact) mass is 185 g/mol. The van der Waals surface area contributed by atoms with E-state index in [1.807, 2.05) is 0 Å². The second-order valence-electron chi connectivity index (χ2n) is 2.08. The Labute approximate surface area is 73.1 Å². The normalized spacial score (nSPS) is 9.42. The van der Waals surface area contributed by atoms with Gasteiger partial charge in [0, 0.05) is 23.6 Å². The summed E-state index contributed by atoms with van der Waals surface area (Å²) in [6.07, 6.45) is 1.95. The maximum atomic E-state index is 10.6. The zero-order valence-electron chi connectivity index (χ0n) is 6.19. The van der Waals surface area contributed by atoms with Gasteiger partial charge < -0.3 is 0 Å². The van der Waals surface area contributed by atoms with Crippen LogP contribution in [0.5, 0.6) is 0 Å². The molecule has 0 unspecified atom stereocenters. The first-order chi connectivity index (χ1) is 5.74. The number of thiazole rings is 1. The third-order valence-corrected chi connectivity index (χ3v) is 2.00. The molecule has 0 saturated heterocycles. The zero-order valence-corrected chi connectivity index (χ0v) is 7.00. The van der Waals surface area contributed by atoms with E-state index in [4.69, 9.17) is 5.26 Å². The maximum absolute atomic E-state index is 10.6. The van der Waals surface area contributed by atoms with E-state index in [-0.39, 0.29) is 5.57 Å². The van der Waals surface area contributed by atoms with Crippen LogP contribution >= 0.6 is 11.3 Å². The van der Waals surface area contributed by atoms with Crippen molar-refractivity contribution in [1.82, 2.24) is 4.98 Å². The molecule has 1 rings (SSSR count). The summed E-state index contributed by atoms with van der Waals surface area (Å²) < 4.78 is 0. The average Bonchev–Trinajstić information content (AvgIpc) is 2.55. The van der Waals surface area contributed by atoms with Crippen molar-refractivity contribution in [1.29, 1.82) is 0 Å². The summed E-state index contributed by atoms with van der Waals surface area (Å²) in [4.78, 5) is 18.1. The van der Waals surface area contributed by atoms with Gasteiger partial charge in [0.1, 0.15) is 0 Å². The van der Waals surface area contributed by atoms with Crippen LogP contribution in [0.4, 0.5) is 0 Å². The first kappa shape index (κ1) is 8.89. The predicted octanol–water partition coefficient (Wildman–Crippen LogP) is 1.26. The molecule has 1 aromatic rings. The minimum absolute atomic E-state index is 0.187. The third kappa shape index (κ3) is 2.14. The van der Waals surface area contributed by atoms with Gasteiger partial charge in [-0.2, -0.15) is 5.26 Å². The highest BCUT2D eigenvalue weighted by atomic mass is 32.1. The molecule has 0 bridgehead atoms. The number of hydrogen-bond donors (Lipinski definition) is 1. The second-order valence-corrected chi connectivity index (χ2v) is 3.06. The van der Waals surface area contributed by atoms with Crippen molar-refractivity contribution < 1.29 is 14.9 Å². The molecule has 0 atom stereocenters. The Balaban J connectivity index is 2.53. The molecule has 5 heteroatoms. The van der Waals surface area contributed by atoms with Crippen molar-refractivity contribution in [3.05, 3.63) is 28.7 Å². The molecule has 1 aromatic heterocycles. The summed E-state index contributed by atoms with van der Waals surface area (Å²) in [5.41, 5.74) is 0.187. The van der Waals surface area contributed by atoms with E-state index < -0.39 is 5.97 Å². The van der Waals surface area contributed by atoms with E-state index in [0.29, 0.717) is 6.42 Å². The largest absolute Gasteiger partial charge is 0.368 e. The van der Waals surface area contributed by atoms with Crippen molar-refractivity contribution in [2.75, 3.05) is 0 Å². The van der Waals surface area contributed by atoms with E-state index in [9.17, 15) is 4.79 Å². The first-order valence-corrected chi connectivity index (χ1v) is 4.04. The van der Waals surface area contributed by atoms with Gasteiger partial charge in [0.25, 0.3) is 0 Å². The number of carbonyl (C=O) groups is 1. The molecule has 0 aromatic carbocycles. The van der Waals surface area contributed by atoms with Gasteiger partial charge in [-0.25, -0.2) is 9.78 Å². The van der Waals surface area contributed by atoms with Crippen LogP contribution in [0.15, 0.2) is 23.7 Å². The van der Waals surface area contributed by atoms with Gasteiger partial charge in [0.15, 0.2) is 0 Å². The van der Waals surface area contributed by atoms with Crippen molar-refractivity contribution in [2.24, 2.45) is 0 Å². The Kier molecular flexibility index (Phi) is 2.95. The molecule has 64 valence electrons. The standard InChI is InChI=1S/C7H7NO3S/c1-5(7(9)11-10)4-6-8-2-3-12-6/h2-3,10H,1,4H2. The molecule has 12 heavy (non-hydrogen) atoms. The van der Waals surface area contributed by atoms with Crippen LogP contribution < -0.4 is 0 Å². The second kappa shape index (κ2) is 3.99. The number of aromatic nitrogens is 1. The van der Waals surface area contributed by atoms with Gasteiger partial charge >= 0.3 is 5.97 Å². The van der Waals surface area contributed by atoms with E-state index in [1.54, 1.807) is 11.6 Å². The molecule has 0 amide bonds. The SMILES string of the molecule is C=C(Cc1nccs1)C(=O)OO. The molecule has 0 aliphatic carbocycles. The molecule has 0 saturated carbocycles. The zero-order chi connectivity index (χ0) is 8.97. The van der Waals surface area contributed by atoms with Gasteiger partial charge in [0.05, 0.1) is 5.01 Å². The Morgan fingerprint density at radius 3 is 3.08 bits per heavy atom. The third-order valence-electron chi connectivity index (χ3n) is 1.22. The molecule has 4 nitrogen and oxygen atoms in total. The van der Waals surface area contributed by atoms with E-state index in [2.05, 4.69) is 16.5 Å². The molecule has 1 N–H and O–H groups in total. The lowest BCUT2D eigenvalue weighted by atomic mass is 10.2. The lowest BCUT2D eigenvalue weighted by Gasteiger charge is -1.96. The summed E-state index contributed by atoms with van der Waals surface area (Å²) in [5.74, 6) is -0.815. The van der Waals surface area contributed by atoms with E-state index >= 15 is 0 Å². The molecular formula is C7H7NO3S. The number of carbonyl (C=O) groups excluding carboxylic acids is 1.